The van der Waals surface area contributed by atoms with E-state index in [4.69, 9.17) is 0 Å². The number of aromatic amines is 1. The summed E-state index contributed by atoms with van der Waals surface area (Å²) in [6.07, 6.45) is 0. The number of benzene rings is 2. The van der Waals surface area contributed by atoms with Gasteiger partial charge in [0.25, 0.3) is 0 Å². The molecule has 0 saturated heterocycles. The van der Waals surface area contributed by atoms with Gasteiger partial charge in [0, 0.05) is 0 Å². The molecule has 0 aliphatic heterocycles. The van der Waals surface area contributed by atoms with Crippen LogP contribution in [0.25, 0.3) is 22.4 Å². The summed E-state index contributed by atoms with van der Waals surface area (Å²) in [5, 5.41) is 0. The summed E-state index contributed by atoms with van der Waals surface area (Å²) in [5.74, 6) is 0.258. The Labute approximate surface area is 118 Å². The second-order valence-corrected chi connectivity index (χ2v) is 5.49. The Kier molecular flexibility index (Phi) is 2.90. The van der Waals surface area contributed by atoms with Crippen LogP contribution in [0.2, 0.25) is 0 Å². The van der Waals surface area contributed by atoms with Crippen LogP contribution in [-0.4, -0.2) is 9.97 Å². The summed E-state index contributed by atoms with van der Waals surface area (Å²) in [6.45, 7) is 4.10. The van der Waals surface area contributed by atoms with Crippen LogP contribution < -0.4 is 0 Å². The average molecular weight is 319 g/mol. The molecule has 1 aromatic heterocycles. The van der Waals surface area contributed by atoms with Gasteiger partial charge in [-0.25, -0.2) is 9.37 Å². The molecule has 3 aromatic rings. The van der Waals surface area contributed by atoms with E-state index in [1.807, 2.05) is 19.1 Å². The fraction of sp³-hybridized carbons (Fsp3) is 0.133. The van der Waals surface area contributed by atoms with Gasteiger partial charge in [-0.15, -0.1) is 0 Å². The van der Waals surface area contributed by atoms with Gasteiger partial charge in [0.1, 0.15) is 11.6 Å². The number of hydrogen-bond donors (Lipinski definition) is 1. The molecular formula is C15H12BrFN2. The van der Waals surface area contributed by atoms with Crippen LogP contribution in [0.1, 0.15) is 11.1 Å². The van der Waals surface area contributed by atoms with E-state index >= 15 is 0 Å². The van der Waals surface area contributed by atoms with Crippen molar-refractivity contribution in [3.05, 3.63) is 51.7 Å². The van der Waals surface area contributed by atoms with Gasteiger partial charge in [-0.3, -0.25) is 0 Å². The van der Waals surface area contributed by atoms with Gasteiger partial charge >= 0.3 is 0 Å². The molecule has 0 bridgehead atoms. The van der Waals surface area contributed by atoms with Crippen molar-refractivity contribution in [2.45, 2.75) is 13.8 Å². The predicted octanol–water partition coefficient (Wildman–Crippen LogP) is 4.75. The predicted molar refractivity (Wildman–Crippen MR) is 78.7 cm³/mol. The second kappa shape index (κ2) is 4.46. The standard InChI is InChI=1S/C15H12BrFN2/c1-8-6-12-13(7-9(8)2)19-15(18-12)10-4-3-5-11(16)14(10)17/h3-7H,1-2H3,(H,18,19). The van der Waals surface area contributed by atoms with Crippen molar-refractivity contribution in [2.75, 3.05) is 0 Å². The summed E-state index contributed by atoms with van der Waals surface area (Å²) in [7, 11) is 0. The lowest BCUT2D eigenvalue weighted by atomic mass is 10.1. The minimum Gasteiger partial charge on any atom is -0.338 e. The molecule has 0 unspecified atom stereocenters. The summed E-state index contributed by atoms with van der Waals surface area (Å²) < 4.78 is 14.5. The number of fused-ring (bicyclic) bond motifs is 1. The van der Waals surface area contributed by atoms with E-state index in [1.165, 1.54) is 11.1 Å². The maximum atomic E-state index is 14.1. The molecule has 96 valence electrons. The van der Waals surface area contributed by atoms with Crippen LogP contribution in [-0.2, 0) is 0 Å². The number of hydrogen-bond acceptors (Lipinski definition) is 1. The number of nitrogens with one attached hydrogen (secondary N) is 1. The van der Waals surface area contributed by atoms with Gasteiger partial charge < -0.3 is 4.98 Å². The first-order valence-corrected chi connectivity index (χ1v) is 6.77. The van der Waals surface area contributed by atoms with Crippen molar-refractivity contribution in [2.24, 2.45) is 0 Å². The van der Waals surface area contributed by atoms with E-state index in [9.17, 15) is 4.39 Å². The van der Waals surface area contributed by atoms with E-state index in [0.29, 0.717) is 15.9 Å². The zero-order valence-electron chi connectivity index (χ0n) is 10.6. The van der Waals surface area contributed by atoms with Gasteiger partial charge in [-0.05, 0) is 65.2 Å². The molecule has 3 rings (SSSR count). The minimum absolute atomic E-state index is 0.296. The smallest absolute Gasteiger partial charge is 0.148 e. The SMILES string of the molecule is Cc1cc2nc(-c3cccc(Br)c3F)[nH]c2cc1C. The average Bonchev–Trinajstić information content (AvgIpc) is 2.76. The largest absolute Gasteiger partial charge is 0.338 e. The minimum atomic E-state index is -0.296. The van der Waals surface area contributed by atoms with Gasteiger partial charge in [-0.1, -0.05) is 6.07 Å². The first-order chi connectivity index (χ1) is 9.06. The zero-order chi connectivity index (χ0) is 13.6. The molecule has 0 aliphatic carbocycles. The van der Waals surface area contributed by atoms with E-state index in [2.05, 4.69) is 32.8 Å². The van der Waals surface area contributed by atoms with Crippen molar-refractivity contribution in [1.29, 1.82) is 0 Å². The molecule has 0 amide bonds. The van der Waals surface area contributed by atoms with Crippen molar-refractivity contribution in [3.63, 3.8) is 0 Å². The first kappa shape index (κ1) is 12.4. The van der Waals surface area contributed by atoms with Crippen LogP contribution in [0.4, 0.5) is 4.39 Å². The van der Waals surface area contributed by atoms with Crippen LogP contribution in [0, 0.1) is 19.7 Å². The molecule has 1 heterocycles. The number of rotatable bonds is 1. The third-order valence-corrected chi connectivity index (χ3v) is 3.92. The number of H-pyrrole nitrogens is 1. The molecule has 0 fully saturated rings. The lowest BCUT2D eigenvalue weighted by molar-refractivity contribution is 0.623. The molecule has 4 heteroatoms. The van der Waals surface area contributed by atoms with Crippen molar-refractivity contribution >= 4 is 27.0 Å². The lowest BCUT2D eigenvalue weighted by Crippen LogP contribution is -1.87. The molecule has 0 spiro atoms. The third kappa shape index (κ3) is 2.06. The molecule has 2 aromatic carbocycles. The Morgan fingerprint density at radius 2 is 1.89 bits per heavy atom. The molecule has 19 heavy (non-hydrogen) atoms. The number of imidazole rings is 1. The summed E-state index contributed by atoms with van der Waals surface area (Å²) >= 11 is 3.19. The van der Waals surface area contributed by atoms with E-state index < -0.39 is 0 Å². The Balaban J connectivity index is 2.23. The molecule has 2 nitrogen and oxygen atoms in total. The fourth-order valence-electron chi connectivity index (χ4n) is 2.08. The lowest BCUT2D eigenvalue weighted by Gasteiger charge is -2.00. The monoisotopic (exact) mass is 318 g/mol. The van der Waals surface area contributed by atoms with E-state index in [1.54, 1.807) is 18.2 Å². The molecule has 1 N–H and O–H groups in total. The van der Waals surface area contributed by atoms with Gasteiger partial charge in [-0.2, -0.15) is 0 Å². The number of halogens is 2. The summed E-state index contributed by atoms with van der Waals surface area (Å²) in [4.78, 5) is 7.65. The molecule has 0 radical (unpaired) electrons. The highest BCUT2D eigenvalue weighted by molar-refractivity contribution is 9.10. The summed E-state index contributed by atoms with van der Waals surface area (Å²) in [6, 6.07) is 9.25. The van der Waals surface area contributed by atoms with E-state index in [0.717, 1.165) is 11.0 Å². The molecule has 0 saturated carbocycles. The Morgan fingerprint density at radius 1 is 1.16 bits per heavy atom. The number of aromatic nitrogens is 2. The van der Waals surface area contributed by atoms with Crippen LogP contribution >= 0.6 is 15.9 Å². The molecular weight excluding hydrogens is 307 g/mol. The van der Waals surface area contributed by atoms with Gasteiger partial charge in [0.15, 0.2) is 0 Å². The molecule has 0 atom stereocenters. The zero-order valence-corrected chi connectivity index (χ0v) is 12.2. The van der Waals surface area contributed by atoms with Crippen molar-refractivity contribution < 1.29 is 4.39 Å². The molecule has 0 aliphatic rings. The highest BCUT2D eigenvalue weighted by atomic mass is 79.9. The highest BCUT2D eigenvalue weighted by Crippen LogP contribution is 2.28. The van der Waals surface area contributed by atoms with Gasteiger partial charge in [0.05, 0.1) is 21.1 Å². The highest BCUT2D eigenvalue weighted by Gasteiger charge is 2.12. The Hall–Kier alpha value is -1.68. The third-order valence-electron chi connectivity index (χ3n) is 3.30. The van der Waals surface area contributed by atoms with E-state index in [-0.39, 0.29) is 5.82 Å². The normalized spacial score (nSPS) is 11.2. The summed E-state index contributed by atoms with van der Waals surface area (Å²) in [5.41, 5.74) is 4.63. The Morgan fingerprint density at radius 3 is 2.68 bits per heavy atom. The fourth-order valence-corrected chi connectivity index (χ4v) is 2.45. The van der Waals surface area contributed by atoms with Crippen LogP contribution in [0.5, 0.6) is 0 Å². The first-order valence-electron chi connectivity index (χ1n) is 5.97. The number of aryl methyl sites for hydroxylation is 2. The van der Waals surface area contributed by atoms with Crippen molar-refractivity contribution in [3.8, 4) is 11.4 Å². The second-order valence-electron chi connectivity index (χ2n) is 4.64. The topological polar surface area (TPSA) is 28.7 Å². The van der Waals surface area contributed by atoms with Crippen molar-refractivity contribution in [1.82, 2.24) is 9.97 Å². The van der Waals surface area contributed by atoms with Crippen LogP contribution in [0.3, 0.4) is 0 Å². The maximum absolute atomic E-state index is 14.1. The van der Waals surface area contributed by atoms with Gasteiger partial charge in [0.2, 0.25) is 0 Å². The quantitative estimate of drug-likeness (QED) is 0.689. The van der Waals surface area contributed by atoms with Crippen LogP contribution in [0.15, 0.2) is 34.8 Å². The Bertz CT molecular complexity index is 738. The maximum Gasteiger partial charge on any atom is 0.148 e. The number of nitrogens with zero attached hydrogens (tertiary/aromatic N) is 1.